The van der Waals surface area contributed by atoms with E-state index in [1.54, 1.807) is 16.8 Å². The van der Waals surface area contributed by atoms with Gasteiger partial charge in [0.2, 0.25) is 10.0 Å². The maximum Gasteiger partial charge on any atom is 0.243 e. The highest BCUT2D eigenvalue weighted by molar-refractivity contribution is 7.89. The Balaban J connectivity index is 1.38. The van der Waals surface area contributed by atoms with Crippen molar-refractivity contribution < 1.29 is 21.6 Å². The van der Waals surface area contributed by atoms with Crippen molar-refractivity contribution in [1.82, 2.24) is 19.0 Å². The van der Waals surface area contributed by atoms with Crippen molar-refractivity contribution in [2.75, 3.05) is 26.2 Å². The second kappa shape index (κ2) is 8.21. The van der Waals surface area contributed by atoms with Gasteiger partial charge in [0.25, 0.3) is 0 Å². The standard InChI is InChI=1S/C20H19F3N4O2S/c21-16-3-1-15(2-4-16)20-7-8-26(24-20)14-25-9-11-27(12-10-25)30(28,29)17-5-6-18(22)19(23)13-17/h1-8,13H,9-12,14H2. The number of nitrogens with zero attached hydrogens (tertiary/aromatic N) is 4. The molecule has 0 atom stereocenters. The molecule has 1 fully saturated rings. The van der Waals surface area contributed by atoms with Crippen molar-refractivity contribution in [2.45, 2.75) is 11.6 Å². The molecule has 2 heterocycles. The topological polar surface area (TPSA) is 58.4 Å². The molecule has 0 aliphatic carbocycles. The molecule has 158 valence electrons. The summed E-state index contributed by atoms with van der Waals surface area (Å²) in [6.07, 6.45) is 1.81. The number of piperazine rings is 1. The second-order valence-corrected chi connectivity index (χ2v) is 8.92. The number of hydrogen-bond acceptors (Lipinski definition) is 4. The lowest BCUT2D eigenvalue weighted by molar-refractivity contribution is 0.146. The van der Waals surface area contributed by atoms with Crippen LogP contribution in [0.4, 0.5) is 13.2 Å². The average Bonchev–Trinajstić information content (AvgIpc) is 3.19. The Hall–Kier alpha value is -2.69. The van der Waals surface area contributed by atoms with Crippen molar-refractivity contribution in [3.05, 3.63) is 72.2 Å². The predicted molar refractivity (Wildman–Crippen MR) is 104 cm³/mol. The minimum Gasteiger partial charge on any atom is -0.282 e. The van der Waals surface area contributed by atoms with Gasteiger partial charge < -0.3 is 0 Å². The van der Waals surface area contributed by atoms with E-state index in [1.807, 2.05) is 17.2 Å². The third-order valence-corrected chi connectivity index (χ3v) is 6.88. The molecule has 6 nitrogen and oxygen atoms in total. The molecule has 0 radical (unpaired) electrons. The number of hydrogen-bond donors (Lipinski definition) is 0. The van der Waals surface area contributed by atoms with E-state index in [-0.39, 0.29) is 23.8 Å². The van der Waals surface area contributed by atoms with E-state index in [0.717, 1.165) is 23.4 Å². The van der Waals surface area contributed by atoms with Crippen molar-refractivity contribution >= 4 is 10.0 Å². The van der Waals surface area contributed by atoms with Crippen LogP contribution < -0.4 is 0 Å². The van der Waals surface area contributed by atoms with Gasteiger partial charge in [0.05, 0.1) is 17.3 Å². The summed E-state index contributed by atoms with van der Waals surface area (Å²) in [6, 6.07) is 10.5. The highest BCUT2D eigenvalue weighted by atomic mass is 32.2. The lowest BCUT2D eigenvalue weighted by atomic mass is 10.1. The summed E-state index contributed by atoms with van der Waals surface area (Å²) in [5.74, 6) is -2.59. The summed E-state index contributed by atoms with van der Waals surface area (Å²) in [7, 11) is -3.89. The first kappa shape index (κ1) is 20.6. The molecule has 3 aromatic rings. The fraction of sp³-hybridized carbons (Fsp3) is 0.250. The minimum atomic E-state index is -3.89. The molecule has 0 saturated carbocycles. The first-order valence-electron chi connectivity index (χ1n) is 9.30. The van der Waals surface area contributed by atoms with Crippen LogP contribution >= 0.6 is 0 Å². The quantitative estimate of drug-likeness (QED) is 0.617. The Labute approximate surface area is 172 Å². The van der Waals surface area contributed by atoms with Gasteiger partial charge in [-0.15, -0.1) is 0 Å². The van der Waals surface area contributed by atoms with E-state index in [2.05, 4.69) is 5.10 Å². The second-order valence-electron chi connectivity index (χ2n) is 6.99. The summed E-state index contributed by atoms with van der Waals surface area (Å²) in [5.41, 5.74) is 1.52. The molecule has 0 amide bonds. The van der Waals surface area contributed by atoms with Crippen LogP contribution in [0.5, 0.6) is 0 Å². The summed E-state index contributed by atoms with van der Waals surface area (Å²) in [5, 5.41) is 4.48. The Bertz CT molecular complexity index is 1140. The maximum atomic E-state index is 13.4. The summed E-state index contributed by atoms with van der Waals surface area (Å²) >= 11 is 0. The molecular weight excluding hydrogens is 417 g/mol. The van der Waals surface area contributed by atoms with Gasteiger partial charge in [0.15, 0.2) is 11.6 Å². The van der Waals surface area contributed by atoms with E-state index in [0.29, 0.717) is 25.8 Å². The van der Waals surface area contributed by atoms with Gasteiger partial charge in [-0.3, -0.25) is 9.58 Å². The van der Waals surface area contributed by atoms with Crippen LogP contribution in [0, 0.1) is 17.5 Å². The summed E-state index contributed by atoms with van der Waals surface area (Å²) in [6.45, 7) is 1.87. The zero-order valence-electron chi connectivity index (χ0n) is 15.9. The van der Waals surface area contributed by atoms with Crippen molar-refractivity contribution in [1.29, 1.82) is 0 Å². The first-order valence-corrected chi connectivity index (χ1v) is 10.7. The number of aromatic nitrogens is 2. The predicted octanol–water partition coefficient (Wildman–Crippen LogP) is 2.93. The van der Waals surface area contributed by atoms with Gasteiger partial charge in [-0.2, -0.15) is 9.40 Å². The monoisotopic (exact) mass is 436 g/mol. The van der Waals surface area contributed by atoms with E-state index < -0.39 is 21.7 Å². The molecule has 0 unspecified atom stereocenters. The Morgan fingerprint density at radius 2 is 1.57 bits per heavy atom. The highest BCUT2D eigenvalue weighted by Crippen LogP contribution is 2.21. The molecular formula is C20H19F3N4O2S. The third-order valence-electron chi connectivity index (χ3n) is 4.99. The first-order chi connectivity index (χ1) is 14.3. The number of sulfonamides is 1. The van der Waals surface area contributed by atoms with Crippen molar-refractivity contribution in [3.63, 3.8) is 0 Å². The molecule has 1 aliphatic rings. The molecule has 2 aromatic carbocycles. The molecule has 30 heavy (non-hydrogen) atoms. The van der Waals surface area contributed by atoms with Gasteiger partial charge >= 0.3 is 0 Å². The van der Waals surface area contributed by atoms with E-state index in [4.69, 9.17) is 0 Å². The largest absolute Gasteiger partial charge is 0.282 e. The maximum absolute atomic E-state index is 13.4. The van der Waals surface area contributed by atoms with Gasteiger partial charge in [-0.05, 0) is 48.5 Å². The van der Waals surface area contributed by atoms with E-state index >= 15 is 0 Å². The van der Waals surface area contributed by atoms with Crippen LogP contribution in [0.3, 0.4) is 0 Å². The molecule has 1 saturated heterocycles. The number of rotatable bonds is 5. The zero-order chi connectivity index (χ0) is 21.3. The zero-order valence-corrected chi connectivity index (χ0v) is 16.7. The van der Waals surface area contributed by atoms with Crippen LogP contribution in [0.2, 0.25) is 0 Å². The molecule has 1 aliphatic heterocycles. The molecule has 4 rings (SSSR count). The Morgan fingerprint density at radius 3 is 2.23 bits per heavy atom. The number of halogens is 3. The lowest BCUT2D eigenvalue weighted by Crippen LogP contribution is -2.48. The number of benzene rings is 2. The molecule has 10 heteroatoms. The van der Waals surface area contributed by atoms with Crippen LogP contribution in [0.15, 0.2) is 59.6 Å². The normalized spacial score (nSPS) is 16.1. The lowest BCUT2D eigenvalue weighted by Gasteiger charge is -2.33. The van der Waals surface area contributed by atoms with E-state index in [9.17, 15) is 21.6 Å². The molecule has 0 spiro atoms. The highest BCUT2D eigenvalue weighted by Gasteiger charge is 2.29. The summed E-state index contributed by atoms with van der Waals surface area (Å²) < 4.78 is 67.9. The molecule has 1 aromatic heterocycles. The van der Waals surface area contributed by atoms with Gasteiger partial charge in [0.1, 0.15) is 5.82 Å². The molecule has 0 bridgehead atoms. The van der Waals surface area contributed by atoms with Crippen LogP contribution in [-0.4, -0.2) is 53.6 Å². The Kier molecular flexibility index (Phi) is 5.63. The average molecular weight is 436 g/mol. The SMILES string of the molecule is O=S(=O)(c1ccc(F)c(F)c1)N1CCN(Cn2ccc(-c3ccc(F)cc3)n2)CC1. The molecule has 0 N–H and O–H groups in total. The van der Waals surface area contributed by atoms with Gasteiger partial charge in [-0.25, -0.2) is 21.6 Å². The summed E-state index contributed by atoms with van der Waals surface area (Å²) in [4.78, 5) is 1.78. The fourth-order valence-electron chi connectivity index (χ4n) is 3.32. The van der Waals surface area contributed by atoms with E-state index in [1.165, 1.54) is 16.4 Å². The van der Waals surface area contributed by atoms with Crippen LogP contribution in [-0.2, 0) is 16.7 Å². The van der Waals surface area contributed by atoms with Crippen molar-refractivity contribution in [3.8, 4) is 11.3 Å². The third kappa shape index (κ3) is 4.25. The minimum absolute atomic E-state index is 0.230. The van der Waals surface area contributed by atoms with Gasteiger partial charge in [-0.1, -0.05) is 0 Å². The van der Waals surface area contributed by atoms with Crippen molar-refractivity contribution in [2.24, 2.45) is 0 Å². The Morgan fingerprint density at radius 1 is 0.867 bits per heavy atom. The fourth-order valence-corrected chi connectivity index (χ4v) is 4.75. The van der Waals surface area contributed by atoms with Gasteiger partial charge in [0, 0.05) is 37.9 Å². The smallest absolute Gasteiger partial charge is 0.243 e. The van der Waals surface area contributed by atoms with Crippen LogP contribution in [0.25, 0.3) is 11.3 Å². The van der Waals surface area contributed by atoms with Crippen LogP contribution in [0.1, 0.15) is 0 Å².